The summed E-state index contributed by atoms with van der Waals surface area (Å²) in [6.45, 7) is 0. The molecule has 2 aromatic rings. The number of hydrogen-bond donors (Lipinski definition) is 0. The fourth-order valence-electron chi connectivity index (χ4n) is 1.38. The van der Waals surface area contributed by atoms with Gasteiger partial charge in [-0.25, -0.2) is 0 Å². The maximum atomic E-state index is 12.4. The Hall–Kier alpha value is -2.01. The average Bonchev–Trinajstić information content (AvgIpc) is 2.52. The Morgan fingerprint density at radius 1 is 0.955 bits per heavy atom. The number of carbonyl (C=O) groups is 1. The van der Waals surface area contributed by atoms with Gasteiger partial charge in [0.15, 0.2) is 0 Å². The Kier molecular flexibility index (Phi) is 5.44. The van der Waals surface area contributed by atoms with E-state index in [1.54, 1.807) is 54.6 Å². The summed E-state index contributed by atoms with van der Waals surface area (Å²) in [5, 5.41) is 0. The van der Waals surface area contributed by atoms with Crippen molar-refractivity contribution in [2.24, 2.45) is 0 Å². The second-order valence-corrected chi connectivity index (χ2v) is 7.64. The van der Waals surface area contributed by atoms with E-state index in [1.165, 1.54) is 0 Å². The van der Waals surface area contributed by atoms with Crippen molar-refractivity contribution >= 4 is 26.2 Å². The van der Waals surface area contributed by atoms with E-state index in [2.05, 4.69) is 12.9 Å². The van der Waals surface area contributed by atoms with Crippen LogP contribution in [0.15, 0.2) is 60.7 Å². The van der Waals surface area contributed by atoms with E-state index in [-0.39, 0.29) is 0 Å². The number of hydrogen-bond acceptors (Lipinski definition) is 2. The molecule has 0 atom stereocenters. The van der Waals surface area contributed by atoms with Gasteiger partial charge in [0.25, 0.3) is 0 Å². The molecule has 22 heavy (non-hydrogen) atoms. The van der Waals surface area contributed by atoms with Gasteiger partial charge in [-0.1, -0.05) is 0 Å². The predicted octanol–water partition coefficient (Wildman–Crippen LogP) is 4.39. The van der Waals surface area contributed by atoms with Crippen LogP contribution in [-0.4, -0.2) is 12.1 Å². The Morgan fingerprint density at radius 3 is 2.05 bits per heavy atom. The van der Waals surface area contributed by atoms with E-state index in [1.807, 2.05) is 6.07 Å². The first-order valence-corrected chi connectivity index (χ1v) is 9.12. The summed E-state index contributed by atoms with van der Waals surface area (Å²) in [6, 6.07) is 17.1. The minimum absolute atomic E-state index is 0.535. The number of halogens is 4. The third-order valence-corrected chi connectivity index (χ3v) is 5.81. The summed E-state index contributed by atoms with van der Waals surface area (Å²) in [7, 11) is 0. The third-order valence-electron chi connectivity index (χ3n) is 2.36. The molecule has 0 aromatic heterocycles. The van der Waals surface area contributed by atoms with Crippen LogP contribution in [0.25, 0.3) is 0 Å². The van der Waals surface area contributed by atoms with Gasteiger partial charge in [0.2, 0.25) is 0 Å². The molecule has 0 unspecified atom stereocenters. The van der Waals surface area contributed by atoms with Gasteiger partial charge in [-0.2, -0.15) is 0 Å². The standard InChI is InChI=1S/C16H10F3IO2/c17-16(18,19)15(21)22-20(14-9-5-2-6-10-14)12-11-13-7-3-1-4-8-13/h1-10H. The van der Waals surface area contributed by atoms with Gasteiger partial charge in [-0.15, -0.1) is 0 Å². The zero-order chi connectivity index (χ0) is 16.0. The van der Waals surface area contributed by atoms with Crippen LogP contribution < -0.4 is 0 Å². The van der Waals surface area contributed by atoms with Crippen molar-refractivity contribution in [1.82, 2.24) is 0 Å². The van der Waals surface area contributed by atoms with Crippen molar-refractivity contribution in [2.75, 3.05) is 0 Å². The van der Waals surface area contributed by atoms with Gasteiger partial charge in [0.05, 0.1) is 0 Å². The molecular formula is C16H10F3IO2. The first-order valence-electron chi connectivity index (χ1n) is 6.08. The fourth-order valence-corrected chi connectivity index (χ4v) is 4.33. The normalized spacial score (nSPS) is 11.1. The second kappa shape index (κ2) is 7.31. The van der Waals surface area contributed by atoms with E-state index in [9.17, 15) is 18.0 Å². The van der Waals surface area contributed by atoms with Crippen LogP contribution in [0.3, 0.4) is 0 Å². The molecule has 0 heterocycles. The molecule has 2 rings (SSSR count). The molecule has 0 spiro atoms. The maximum absolute atomic E-state index is 12.4. The molecule has 0 aliphatic heterocycles. The topological polar surface area (TPSA) is 26.3 Å². The van der Waals surface area contributed by atoms with E-state index in [0.717, 1.165) is 0 Å². The Labute approximate surface area is 133 Å². The number of alkyl halides is 3. The van der Waals surface area contributed by atoms with E-state index in [4.69, 9.17) is 0 Å². The van der Waals surface area contributed by atoms with Crippen LogP contribution in [-0.2, 0) is 7.86 Å². The molecule has 2 aromatic carbocycles. The predicted molar refractivity (Wildman–Crippen MR) is 84.6 cm³/mol. The van der Waals surface area contributed by atoms with Gasteiger partial charge < -0.3 is 0 Å². The van der Waals surface area contributed by atoms with Crippen molar-refractivity contribution in [1.29, 1.82) is 0 Å². The molecule has 0 amide bonds. The summed E-state index contributed by atoms with van der Waals surface area (Å²) < 4.78 is 45.1. The quantitative estimate of drug-likeness (QED) is 0.534. The zero-order valence-electron chi connectivity index (χ0n) is 11.1. The SMILES string of the molecule is O=C(OI(C#Cc1ccccc1)c1ccccc1)C(F)(F)F. The number of carbonyl (C=O) groups excluding carboxylic acids is 1. The number of benzene rings is 2. The molecule has 0 bridgehead atoms. The van der Waals surface area contributed by atoms with Gasteiger partial charge in [0, 0.05) is 0 Å². The Bertz CT molecular complexity index is 688. The summed E-state index contributed by atoms with van der Waals surface area (Å²) >= 11 is -3.05. The van der Waals surface area contributed by atoms with Crippen molar-refractivity contribution in [3.63, 3.8) is 0 Å². The van der Waals surface area contributed by atoms with Gasteiger partial charge >= 0.3 is 133 Å². The van der Waals surface area contributed by atoms with Gasteiger partial charge in [-0.05, 0) is 0 Å². The molecule has 0 saturated carbocycles. The van der Waals surface area contributed by atoms with E-state index < -0.39 is 32.4 Å². The zero-order valence-corrected chi connectivity index (χ0v) is 13.3. The number of rotatable bonds is 2. The molecule has 0 aliphatic carbocycles. The van der Waals surface area contributed by atoms with Crippen molar-refractivity contribution in [3.8, 4) is 9.85 Å². The van der Waals surface area contributed by atoms with Crippen LogP contribution in [0.4, 0.5) is 13.2 Å². The summed E-state index contributed by atoms with van der Waals surface area (Å²) in [5.41, 5.74) is 0.656. The van der Waals surface area contributed by atoms with Gasteiger partial charge in [-0.3, -0.25) is 0 Å². The summed E-state index contributed by atoms with van der Waals surface area (Å²) in [5.74, 6) is 0.584. The second-order valence-electron chi connectivity index (χ2n) is 3.99. The first kappa shape index (κ1) is 16.4. The van der Waals surface area contributed by atoms with Crippen LogP contribution in [0, 0.1) is 13.4 Å². The molecule has 6 heteroatoms. The molecule has 2 nitrogen and oxygen atoms in total. The fraction of sp³-hybridized carbons (Fsp3) is 0.0625. The monoisotopic (exact) mass is 418 g/mol. The average molecular weight is 418 g/mol. The molecule has 0 aliphatic rings. The molecule has 0 radical (unpaired) electrons. The Morgan fingerprint density at radius 2 is 1.50 bits per heavy atom. The summed E-state index contributed by atoms with van der Waals surface area (Å²) in [6.07, 6.45) is -5.01. The molecule has 114 valence electrons. The van der Waals surface area contributed by atoms with Crippen LogP contribution in [0.1, 0.15) is 5.56 Å². The van der Waals surface area contributed by atoms with E-state index in [0.29, 0.717) is 9.13 Å². The van der Waals surface area contributed by atoms with Gasteiger partial charge in [0.1, 0.15) is 0 Å². The summed E-state index contributed by atoms with van der Waals surface area (Å²) in [4.78, 5) is 11.1. The first-order chi connectivity index (χ1) is 10.5. The van der Waals surface area contributed by atoms with Crippen molar-refractivity contribution in [3.05, 3.63) is 69.8 Å². The third kappa shape index (κ3) is 4.77. The van der Waals surface area contributed by atoms with Crippen LogP contribution in [0.2, 0.25) is 0 Å². The van der Waals surface area contributed by atoms with Crippen LogP contribution >= 0.6 is 20.2 Å². The van der Waals surface area contributed by atoms with Crippen LogP contribution in [0.5, 0.6) is 0 Å². The molecular weight excluding hydrogens is 408 g/mol. The molecule has 0 N–H and O–H groups in total. The molecule has 0 fully saturated rings. The van der Waals surface area contributed by atoms with E-state index >= 15 is 0 Å². The van der Waals surface area contributed by atoms with Crippen molar-refractivity contribution < 1.29 is 21.0 Å². The van der Waals surface area contributed by atoms with Crippen molar-refractivity contribution in [2.45, 2.75) is 6.18 Å². The Balaban J connectivity index is 2.27. The molecule has 0 saturated heterocycles. The minimum atomic E-state index is -5.01.